The highest BCUT2D eigenvalue weighted by Crippen LogP contribution is 2.23. The molecule has 1 heterocycles. The first-order valence-corrected chi connectivity index (χ1v) is 28.6. The summed E-state index contributed by atoms with van der Waals surface area (Å²) < 4.78 is 7.80. The van der Waals surface area contributed by atoms with Gasteiger partial charge in [0.15, 0.2) is 5.82 Å². The summed E-state index contributed by atoms with van der Waals surface area (Å²) in [5.74, 6) is 1.79. The number of quaternary nitrogens is 1. The number of ether oxygens (including phenoxy) is 1. The van der Waals surface area contributed by atoms with Crippen molar-refractivity contribution in [1.29, 1.82) is 0 Å². The van der Waals surface area contributed by atoms with Gasteiger partial charge in [-0.25, -0.2) is 9.97 Å². The molecule has 0 saturated carbocycles. The second-order valence-corrected chi connectivity index (χ2v) is 20.1. The van der Waals surface area contributed by atoms with Crippen LogP contribution in [0.25, 0.3) is 11.4 Å². The van der Waals surface area contributed by atoms with Crippen LogP contribution in [0, 0.1) is 0 Å². The van der Waals surface area contributed by atoms with Gasteiger partial charge in [-0.1, -0.05) is 227 Å². The van der Waals surface area contributed by atoms with Gasteiger partial charge in [-0.3, -0.25) is 0 Å². The molecule has 0 unspecified atom stereocenters. The van der Waals surface area contributed by atoms with E-state index in [1.54, 1.807) is 0 Å². The number of unbranched alkanes of at least 4 members (excludes halogenated alkanes) is 34. The summed E-state index contributed by atoms with van der Waals surface area (Å²) in [4.78, 5) is 9.50. The zero-order chi connectivity index (χ0) is 45.0. The topological polar surface area (TPSA) is 35.0 Å². The van der Waals surface area contributed by atoms with Crippen molar-refractivity contribution in [2.75, 3.05) is 32.8 Å². The van der Waals surface area contributed by atoms with Crippen LogP contribution in [0.15, 0.2) is 36.7 Å². The van der Waals surface area contributed by atoms with Crippen molar-refractivity contribution in [2.24, 2.45) is 0 Å². The quantitative estimate of drug-likeness (QED) is 0.0491. The van der Waals surface area contributed by atoms with Crippen LogP contribution in [0.1, 0.15) is 284 Å². The molecule has 0 saturated heterocycles. The first-order valence-electron chi connectivity index (χ1n) is 28.6. The molecular weight excluding hydrogens is 767 g/mol. The molecule has 0 radical (unpaired) electrons. The van der Waals surface area contributed by atoms with E-state index in [2.05, 4.69) is 52.0 Å². The third-order valence-electron chi connectivity index (χ3n) is 14.1. The molecule has 0 N–H and O–H groups in total. The predicted octanol–water partition coefficient (Wildman–Crippen LogP) is 19.2. The van der Waals surface area contributed by atoms with Crippen molar-refractivity contribution < 1.29 is 9.22 Å². The highest BCUT2D eigenvalue weighted by atomic mass is 16.5. The number of hydrogen-bond donors (Lipinski definition) is 0. The van der Waals surface area contributed by atoms with Crippen molar-refractivity contribution in [3.63, 3.8) is 0 Å². The first-order chi connectivity index (χ1) is 31.2. The molecule has 2 aromatic rings. The molecule has 0 amide bonds. The summed E-state index contributed by atoms with van der Waals surface area (Å²) in [6, 6.07) is 8.55. The number of benzene rings is 1. The Bertz CT molecular complexity index is 1150. The average Bonchev–Trinajstić information content (AvgIpc) is 3.31. The van der Waals surface area contributed by atoms with Gasteiger partial charge in [0.2, 0.25) is 0 Å². The van der Waals surface area contributed by atoms with E-state index < -0.39 is 0 Å². The maximum atomic E-state index is 6.47. The Labute approximate surface area is 394 Å². The van der Waals surface area contributed by atoms with Crippen molar-refractivity contribution in [1.82, 2.24) is 9.97 Å². The molecule has 1 aromatic heterocycles. The number of hydrogen-bond acceptors (Lipinski definition) is 3. The molecule has 364 valence electrons. The van der Waals surface area contributed by atoms with E-state index >= 15 is 0 Å². The van der Waals surface area contributed by atoms with Gasteiger partial charge in [0, 0.05) is 24.4 Å². The van der Waals surface area contributed by atoms with Gasteiger partial charge in [0.1, 0.15) is 5.75 Å². The zero-order valence-corrected chi connectivity index (χ0v) is 43.0. The van der Waals surface area contributed by atoms with Gasteiger partial charge in [0.25, 0.3) is 0 Å². The van der Waals surface area contributed by atoms with Crippen LogP contribution in [-0.2, 0) is 6.42 Å². The molecular formula is C59H108N3O+. The smallest absolute Gasteiger partial charge is 0.159 e. The van der Waals surface area contributed by atoms with E-state index in [-0.39, 0.29) is 0 Å². The van der Waals surface area contributed by atoms with Crippen LogP contribution >= 0.6 is 0 Å². The van der Waals surface area contributed by atoms with Gasteiger partial charge >= 0.3 is 0 Å². The van der Waals surface area contributed by atoms with Crippen LogP contribution < -0.4 is 4.74 Å². The molecule has 0 spiro atoms. The Hall–Kier alpha value is -1.94. The Kier molecular flexibility index (Phi) is 38.7. The van der Waals surface area contributed by atoms with E-state index in [1.807, 2.05) is 12.4 Å². The van der Waals surface area contributed by atoms with E-state index in [0.717, 1.165) is 36.6 Å². The number of rotatable bonds is 48. The molecule has 1 aromatic carbocycles. The standard InChI is InChI=1S/C59H108N3O/c1-5-9-13-17-21-25-28-32-36-40-49-62(50-41-37-33-29-26-22-18-14-10-6-2,51-42-38-34-30-27-23-19-15-11-7-3)52-43-53-63-58-47-45-57(46-48-58)59-60-54-56(55-61-59)44-39-35-31-24-20-16-12-8-4/h45-48,54-55H,5-44,49-53H2,1-4H3/q+1. The van der Waals surface area contributed by atoms with E-state index in [1.165, 1.54) is 280 Å². The lowest BCUT2D eigenvalue weighted by Gasteiger charge is -2.39. The summed E-state index contributed by atoms with van der Waals surface area (Å²) in [5, 5.41) is 0. The first kappa shape index (κ1) is 57.2. The number of aryl methyl sites for hydroxylation is 1. The Morgan fingerprint density at radius 1 is 0.349 bits per heavy atom. The average molecular weight is 876 g/mol. The third-order valence-corrected chi connectivity index (χ3v) is 14.1. The normalized spacial score (nSPS) is 11.8. The fourth-order valence-electron chi connectivity index (χ4n) is 9.86. The van der Waals surface area contributed by atoms with Crippen molar-refractivity contribution >= 4 is 0 Å². The molecule has 0 aliphatic rings. The minimum Gasteiger partial charge on any atom is -0.493 e. The summed E-state index contributed by atoms with van der Waals surface area (Å²) in [6.07, 6.45) is 59.7. The number of aromatic nitrogens is 2. The maximum Gasteiger partial charge on any atom is 0.159 e. The molecule has 4 nitrogen and oxygen atoms in total. The SMILES string of the molecule is CCCCCCCCCCCC[N+](CCCCCCCCCCCC)(CCCCCCCCCCCC)CCCOc1ccc(-c2ncc(CCCCCCCCCC)cn2)cc1. The Morgan fingerprint density at radius 3 is 1.00 bits per heavy atom. The summed E-state index contributed by atoms with van der Waals surface area (Å²) in [7, 11) is 0. The fourth-order valence-corrected chi connectivity index (χ4v) is 9.86. The lowest BCUT2D eigenvalue weighted by Crippen LogP contribution is -2.51. The van der Waals surface area contributed by atoms with Crippen LogP contribution in [0.2, 0.25) is 0 Å². The predicted molar refractivity (Wildman–Crippen MR) is 279 cm³/mol. The van der Waals surface area contributed by atoms with E-state index in [4.69, 9.17) is 14.7 Å². The monoisotopic (exact) mass is 875 g/mol. The minimum atomic E-state index is 0.803. The van der Waals surface area contributed by atoms with Gasteiger partial charge in [-0.2, -0.15) is 0 Å². The third kappa shape index (κ3) is 32.4. The molecule has 0 aliphatic carbocycles. The highest BCUT2D eigenvalue weighted by molar-refractivity contribution is 5.55. The van der Waals surface area contributed by atoms with Crippen LogP contribution in [-0.4, -0.2) is 47.2 Å². The van der Waals surface area contributed by atoms with Gasteiger partial charge in [-0.05, 0) is 81.2 Å². The Balaban J connectivity index is 1.93. The molecule has 0 aliphatic heterocycles. The second-order valence-electron chi connectivity index (χ2n) is 20.1. The molecule has 4 heteroatoms. The molecule has 0 atom stereocenters. The molecule has 0 fully saturated rings. The maximum absolute atomic E-state index is 6.47. The molecule has 2 rings (SSSR count). The lowest BCUT2D eigenvalue weighted by molar-refractivity contribution is -0.929. The Morgan fingerprint density at radius 2 is 0.651 bits per heavy atom. The summed E-state index contributed by atoms with van der Waals surface area (Å²) in [5.41, 5.74) is 2.33. The van der Waals surface area contributed by atoms with Crippen molar-refractivity contribution in [2.45, 2.75) is 285 Å². The van der Waals surface area contributed by atoms with Crippen LogP contribution in [0.5, 0.6) is 5.75 Å². The van der Waals surface area contributed by atoms with Gasteiger partial charge in [0.05, 0.1) is 32.8 Å². The summed E-state index contributed by atoms with van der Waals surface area (Å²) in [6.45, 7) is 15.5. The van der Waals surface area contributed by atoms with Gasteiger partial charge in [-0.15, -0.1) is 0 Å². The molecule has 0 bridgehead atoms. The highest BCUT2D eigenvalue weighted by Gasteiger charge is 2.26. The lowest BCUT2D eigenvalue weighted by atomic mass is 10.0. The summed E-state index contributed by atoms with van der Waals surface area (Å²) >= 11 is 0. The fraction of sp³-hybridized carbons (Fsp3) is 0.831. The molecule has 63 heavy (non-hydrogen) atoms. The van der Waals surface area contributed by atoms with Crippen molar-refractivity contribution in [3.8, 4) is 17.1 Å². The minimum absolute atomic E-state index is 0.803. The van der Waals surface area contributed by atoms with Crippen LogP contribution in [0.3, 0.4) is 0 Å². The van der Waals surface area contributed by atoms with Crippen LogP contribution in [0.4, 0.5) is 0 Å². The largest absolute Gasteiger partial charge is 0.493 e. The zero-order valence-electron chi connectivity index (χ0n) is 43.0. The van der Waals surface area contributed by atoms with E-state index in [0.29, 0.717) is 0 Å². The van der Waals surface area contributed by atoms with Gasteiger partial charge < -0.3 is 9.22 Å². The van der Waals surface area contributed by atoms with E-state index in [9.17, 15) is 0 Å². The number of nitrogens with zero attached hydrogens (tertiary/aromatic N) is 3. The second kappa shape index (κ2) is 42.7. The van der Waals surface area contributed by atoms with Crippen molar-refractivity contribution in [3.05, 3.63) is 42.2 Å².